The van der Waals surface area contributed by atoms with E-state index in [9.17, 15) is 14.4 Å². The van der Waals surface area contributed by atoms with Gasteiger partial charge in [-0.3, -0.25) is 9.59 Å². The van der Waals surface area contributed by atoms with Crippen molar-refractivity contribution in [1.82, 2.24) is 0 Å². The maximum atomic E-state index is 10.9. The third-order valence-electron chi connectivity index (χ3n) is 1.69. The summed E-state index contributed by atoms with van der Waals surface area (Å²) in [7, 11) is 0. The van der Waals surface area contributed by atoms with Crippen molar-refractivity contribution in [2.75, 3.05) is 13.2 Å². The Hall–Kier alpha value is -2.17. The van der Waals surface area contributed by atoms with E-state index in [0.29, 0.717) is 23.9 Å². The standard InChI is InChI=1S/C11H10O5/c12-5-6-15-11(14)8-16-10-3-1-9(7-13)2-4-10/h1-5,7H,6,8H2. The lowest BCUT2D eigenvalue weighted by molar-refractivity contribution is -0.147. The molecule has 0 saturated carbocycles. The Labute approximate surface area is 92.0 Å². The van der Waals surface area contributed by atoms with Gasteiger partial charge in [-0.1, -0.05) is 0 Å². The van der Waals surface area contributed by atoms with Crippen LogP contribution in [0.4, 0.5) is 0 Å². The summed E-state index contributed by atoms with van der Waals surface area (Å²) >= 11 is 0. The van der Waals surface area contributed by atoms with Gasteiger partial charge in [0, 0.05) is 5.56 Å². The Bertz CT molecular complexity index is 368. The molecule has 0 spiro atoms. The highest BCUT2D eigenvalue weighted by atomic mass is 16.6. The summed E-state index contributed by atoms with van der Waals surface area (Å²) < 4.78 is 9.53. The second-order valence-corrected chi connectivity index (χ2v) is 2.83. The van der Waals surface area contributed by atoms with Crippen LogP contribution in [0.15, 0.2) is 24.3 Å². The smallest absolute Gasteiger partial charge is 0.344 e. The predicted molar refractivity (Wildman–Crippen MR) is 54.3 cm³/mol. The van der Waals surface area contributed by atoms with Gasteiger partial charge in [-0.2, -0.15) is 0 Å². The maximum Gasteiger partial charge on any atom is 0.344 e. The Morgan fingerprint density at radius 1 is 1.19 bits per heavy atom. The summed E-state index contributed by atoms with van der Waals surface area (Å²) in [6, 6.07) is 6.27. The van der Waals surface area contributed by atoms with Gasteiger partial charge in [0.2, 0.25) is 0 Å². The molecule has 0 aliphatic heterocycles. The van der Waals surface area contributed by atoms with Gasteiger partial charge in [-0.05, 0) is 24.3 Å². The van der Waals surface area contributed by atoms with Crippen molar-refractivity contribution in [2.45, 2.75) is 0 Å². The molecular formula is C11H10O5. The SMILES string of the molecule is O=CCOC(=O)COc1ccc(C=O)cc1. The van der Waals surface area contributed by atoms with Crippen LogP contribution in [-0.2, 0) is 14.3 Å². The topological polar surface area (TPSA) is 69.7 Å². The van der Waals surface area contributed by atoms with Gasteiger partial charge < -0.3 is 9.47 Å². The first-order valence-corrected chi connectivity index (χ1v) is 4.53. The van der Waals surface area contributed by atoms with Crippen LogP contribution < -0.4 is 4.74 Å². The molecule has 84 valence electrons. The zero-order chi connectivity index (χ0) is 11.8. The van der Waals surface area contributed by atoms with E-state index in [-0.39, 0.29) is 13.2 Å². The number of benzene rings is 1. The summed E-state index contributed by atoms with van der Waals surface area (Å²) in [4.78, 5) is 31.2. The van der Waals surface area contributed by atoms with Crippen LogP contribution in [-0.4, -0.2) is 31.8 Å². The van der Waals surface area contributed by atoms with Crippen LogP contribution in [0.1, 0.15) is 10.4 Å². The Balaban J connectivity index is 2.39. The maximum absolute atomic E-state index is 10.9. The monoisotopic (exact) mass is 222 g/mol. The van der Waals surface area contributed by atoms with Gasteiger partial charge in [-0.25, -0.2) is 4.79 Å². The molecule has 0 aromatic heterocycles. The second-order valence-electron chi connectivity index (χ2n) is 2.83. The molecule has 0 atom stereocenters. The fraction of sp³-hybridized carbons (Fsp3) is 0.182. The van der Waals surface area contributed by atoms with E-state index in [1.165, 1.54) is 0 Å². The number of carbonyl (C=O) groups is 3. The molecule has 0 unspecified atom stereocenters. The minimum Gasteiger partial charge on any atom is -0.482 e. The first-order chi connectivity index (χ1) is 7.76. The van der Waals surface area contributed by atoms with Crippen LogP contribution in [0, 0.1) is 0 Å². The number of rotatable bonds is 6. The first kappa shape index (κ1) is 11.9. The summed E-state index contributed by atoms with van der Waals surface area (Å²) in [6.07, 6.45) is 1.19. The molecule has 0 N–H and O–H groups in total. The molecule has 0 saturated heterocycles. The predicted octanol–water partition coefficient (Wildman–Crippen LogP) is 0.620. The molecule has 16 heavy (non-hydrogen) atoms. The summed E-state index contributed by atoms with van der Waals surface area (Å²) in [5, 5.41) is 0. The highest BCUT2D eigenvalue weighted by Crippen LogP contribution is 2.10. The van der Waals surface area contributed by atoms with Crippen LogP contribution in [0.3, 0.4) is 0 Å². The van der Waals surface area contributed by atoms with Crippen LogP contribution in [0.5, 0.6) is 5.75 Å². The van der Waals surface area contributed by atoms with Crippen LogP contribution in [0.2, 0.25) is 0 Å². The van der Waals surface area contributed by atoms with Crippen molar-refractivity contribution in [3.8, 4) is 5.75 Å². The van der Waals surface area contributed by atoms with Gasteiger partial charge in [0.1, 0.15) is 18.6 Å². The average molecular weight is 222 g/mol. The fourth-order valence-electron chi connectivity index (χ4n) is 0.954. The van der Waals surface area contributed by atoms with E-state index in [0.717, 1.165) is 0 Å². The molecular weight excluding hydrogens is 212 g/mol. The average Bonchev–Trinajstić information content (AvgIpc) is 2.34. The quantitative estimate of drug-likeness (QED) is 0.521. The van der Waals surface area contributed by atoms with E-state index in [2.05, 4.69) is 4.74 Å². The zero-order valence-corrected chi connectivity index (χ0v) is 8.42. The zero-order valence-electron chi connectivity index (χ0n) is 8.42. The van der Waals surface area contributed by atoms with Crippen molar-refractivity contribution in [3.05, 3.63) is 29.8 Å². The fourth-order valence-corrected chi connectivity index (χ4v) is 0.954. The number of hydrogen-bond donors (Lipinski definition) is 0. The molecule has 1 rings (SSSR count). The summed E-state index contributed by atoms with van der Waals surface area (Å²) in [5.74, 6) is -0.166. The first-order valence-electron chi connectivity index (χ1n) is 4.53. The Kier molecular flexibility index (Phi) is 4.72. The highest BCUT2D eigenvalue weighted by Gasteiger charge is 2.03. The Morgan fingerprint density at radius 3 is 2.44 bits per heavy atom. The minimum absolute atomic E-state index is 0.270. The molecule has 5 nitrogen and oxygen atoms in total. The lowest BCUT2D eigenvalue weighted by Gasteiger charge is -2.04. The van der Waals surface area contributed by atoms with E-state index in [1.54, 1.807) is 24.3 Å². The molecule has 0 amide bonds. The largest absolute Gasteiger partial charge is 0.482 e. The molecule has 5 heteroatoms. The minimum atomic E-state index is -0.619. The van der Waals surface area contributed by atoms with Crippen LogP contribution >= 0.6 is 0 Å². The second kappa shape index (κ2) is 6.34. The van der Waals surface area contributed by atoms with Crippen molar-refractivity contribution < 1.29 is 23.9 Å². The summed E-state index contributed by atoms with van der Waals surface area (Å²) in [5.41, 5.74) is 0.524. The van der Waals surface area contributed by atoms with Crippen molar-refractivity contribution in [2.24, 2.45) is 0 Å². The number of ether oxygens (including phenoxy) is 2. The van der Waals surface area contributed by atoms with Crippen molar-refractivity contribution in [1.29, 1.82) is 0 Å². The molecule has 0 bridgehead atoms. The summed E-state index contributed by atoms with van der Waals surface area (Å²) in [6.45, 7) is -0.541. The lowest BCUT2D eigenvalue weighted by atomic mass is 10.2. The van der Waals surface area contributed by atoms with Crippen LogP contribution in [0.25, 0.3) is 0 Å². The molecule has 0 aliphatic carbocycles. The molecule has 1 aromatic carbocycles. The third kappa shape index (κ3) is 3.91. The molecule has 0 aliphatic rings. The molecule has 0 fully saturated rings. The van der Waals surface area contributed by atoms with Gasteiger partial charge in [0.25, 0.3) is 0 Å². The number of hydrogen-bond acceptors (Lipinski definition) is 5. The van der Waals surface area contributed by atoms with Gasteiger partial charge >= 0.3 is 5.97 Å². The molecule has 1 aromatic rings. The molecule has 0 heterocycles. The van der Waals surface area contributed by atoms with E-state index in [4.69, 9.17) is 4.74 Å². The van der Waals surface area contributed by atoms with Crippen molar-refractivity contribution in [3.63, 3.8) is 0 Å². The van der Waals surface area contributed by atoms with Gasteiger partial charge in [0.15, 0.2) is 12.9 Å². The molecule has 0 radical (unpaired) electrons. The highest BCUT2D eigenvalue weighted by molar-refractivity contribution is 5.75. The van der Waals surface area contributed by atoms with E-state index < -0.39 is 5.97 Å². The third-order valence-corrected chi connectivity index (χ3v) is 1.69. The van der Waals surface area contributed by atoms with E-state index >= 15 is 0 Å². The van der Waals surface area contributed by atoms with Gasteiger partial charge in [-0.15, -0.1) is 0 Å². The number of carbonyl (C=O) groups excluding carboxylic acids is 3. The number of esters is 1. The Morgan fingerprint density at radius 2 is 1.88 bits per heavy atom. The lowest BCUT2D eigenvalue weighted by Crippen LogP contribution is -2.15. The normalized spacial score (nSPS) is 9.25. The number of aldehydes is 2. The van der Waals surface area contributed by atoms with Gasteiger partial charge in [0.05, 0.1) is 0 Å². The van der Waals surface area contributed by atoms with E-state index in [1.807, 2.05) is 0 Å². The van der Waals surface area contributed by atoms with Crippen molar-refractivity contribution >= 4 is 18.5 Å².